The summed E-state index contributed by atoms with van der Waals surface area (Å²) < 4.78 is 34.2. The van der Waals surface area contributed by atoms with Crippen LogP contribution in [0.3, 0.4) is 0 Å². The van der Waals surface area contributed by atoms with Gasteiger partial charge in [-0.25, -0.2) is 13.2 Å². The molecular weight excluding hydrogens is 380 g/mol. The molecule has 0 saturated carbocycles. The lowest BCUT2D eigenvalue weighted by molar-refractivity contribution is 0.190. The van der Waals surface area contributed by atoms with E-state index < -0.39 is 9.84 Å². The Morgan fingerprint density at radius 2 is 1.61 bits per heavy atom. The van der Waals surface area contributed by atoms with E-state index in [1.807, 2.05) is 24.3 Å². The fraction of sp³-hybridized carbons (Fsp3) is 0.350. The first-order valence-electron chi connectivity index (χ1n) is 8.95. The van der Waals surface area contributed by atoms with Crippen LogP contribution in [0.2, 0.25) is 0 Å². The zero-order valence-electron chi connectivity index (χ0n) is 15.9. The fourth-order valence-electron chi connectivity index (χ4n) is 3.19. The number of nitrogens with zero attached hydrogens (tertiary/aromatic N) is 1. The van der Waals surface area contributed by atoms with E-state index in [9.17, 15) is 13.2 Å². The van der Waals surface area contributed by atoms with Crippen molar-refractivity contribution in [3.8, 4) is 11.5 Å². The van der Waals surface area contributed by atoms with Crippen molar-refractivity contribution in [3.05, 3.63) is 54.1 Å². The van der Waals surface area contributed by atoms with Crippen LogP contribution < -0.4 is 14.8 Å². The molecule has 0 spiro atoms. The van der Waals surface area contributed by atoms with Gasteiger partial charge in [-0.05, 0) is 48.4 Å². The van der Waals surface area contributed by atoms with Crippen molar-refractivity contribution in [2.75, 3.05) is 31.0 Å². The van der Waals surface area contributed by atoms with Gasteiger partial charge in [-0.15, -0.1) is 0 Å². The summed E-state index contributed by atoms with van der Waals surface area (Å²) in [6.07, 6.45) is 0.439. The van der Waals surface area contributed by atoms with E-state index in [0.717, 1.165) is 11.3 Å². The number of benzene rings is 2. The molecular formula is C20H24N2O5S. The Kier molecular flexibility index (Phi) is 6.08. The van der Waals surface area contributed by atoms with E-state index in [0.29, 0.717) is 24.4 Å². The van der Waals surface area contributed by atoms with E-state index in [4.69, 9.17) is 9.47 Å². The number of carbonyl (C=O) groups excluding carboxylic acids is 1. The maximum Gasteiger partial charge on any atom is 0.322 e. The van der Waals surface area contributed by atoms with Gasteiger partial charge < -0.3 is 19.7 Å². The molecule has 1 aliphatic rings. The van der Waals surface area contributed by atoms with E-state index in [1.54, 1.807) is 43.4 Å². The van der Waals surface area contributed by atoms with Crippen LogP contribution in [0, 0.1) is 0 Å². The fourth-order valence-corrected chi connectivity index (χ4v) is 4.92. The first-order chi connectivity index (χ1) is 13.4. The summed E-state index contributed by atoms with van der Waals surface area (Å²) in [5.74, 6) is 1.50. The number of rotatable bonds is 6. The summed E-state index contributed by atoms with van der Waals surface area (Å²) >= 11 is 0. The summed E-state index contributed by atoms with van der Waals surface area (Å²) in [4.78, 5) is 14.6. The maximum atomic E-state index is 13.0. The van der Waals surface area contributed by atoms with Crippen LogP contribution in [0.15, 0.2) is 48.5 Å². The smallest absolute Gasteiger partial charge is 0.322 e. The second-order valence-corrected chi connectivity index (χ2v) is 8.92. The number of urea groups is 1. The molecule has 1 saturated heterocycles. The zero-order chi connectivity index (χ0) is 20.1. The minimum Gasteiger partial charge on any atom is -0.497 e. The predicted octanol–water partition coefficient (Wildman–Crippen LogP) is 2.93. The third kappa shape index (κ3) is 4.95. The SMILES string of the molecule is COc1ccc(CN(C(=O)Nc2ccc(OC)cc2)[C@@H]2CCS(=O)(=O)C2)cc1. The highest BCUT2D eigenvalue weighted by molar-refractivity contribution is 7.91. The van der Waals surface area contributed by atoms with Crippen molar-refractivity contribution < 1.29 is 22.7 Å². The van der Waals surface area contributed by atoms with Crippen LogP contribution in [0.4, 0.5) is 10.5 Å². The van der Waals surface area contributed by atoms with Crippen LogP contribution in [0.5, 0.6) is 11.5 Å². The van der Waals surface area contributed by atoms with E-state index in [1.165, 1.54) is 0 Å². The maximum absolute atomic E-state index is 13.0. The van der Waals surface area contributed by atoms with Gasteiger partial charge in [0, 0.05) is 18.3 Å². The molecule has 3 rings (SSSR count). The Labute approximate surface area is 165 Å². The average Bonchev–Trinajstić information content (AvgIpc) is 3.06. The van der Waals surface area contributed by atoms with Crippen LogP contribution >= 0.6 is 0 Å². The molecule has 0 radical (unpaired) electrons. The molecule has 0 aromatic heterocycles. The van der Waals surface area contributed by atoms with Crippen molar-refractivity contribution in [2.45, 2.75) is 19.0 Å². The molecule has 150 valence electrons. The molecule has 2 aromatic rings. The molecule has 1 fully saturated rings. The van der Waals surface area contributed by atoms with Crippen molar-refractivity contribution in [3.63, 3.8) is 0 Å². The summed E-state index contributed by atoms with van der Waals surface area (Å²) in [7, 11) is 0.0474. The number of anilines is 1. The lowest BCUT2D eigenvalue weighted by atomic mass is 10.1. The lowest BCUT2D eigenvalue weighted by Crippen LogP contribution is -2.43. The first-order valence-corrected chi connectivity index (χ1v) is 10.8. The van der Waals surface area contributed by atoms with Crippen molar-refractivity contribution >= 4 is 21.6 Å². The highest BCUT2D eigenvalue weighted by Crippen LogP contribution is 2.23. The third-order valence-electron chi connectivity index (χ3n) is 4.76. The van der Waals surface area contributed by atoms with Crippen molar-refractivity contribution in [1.82, 2.24) is 4.90 Å². The zero-order valence-corrected chi connectivity index (χ0v) is 16.7. The third-order valence-corrected chi connectivity index (χ3v) is 6.51. The monoisotopic (exact) mass is 404 g/mol. The van der Waals surface area contributed by atoms with E-state index in [-0.39, 0.29) is 23.6 Å². The second-order valence-electron chi connectivity index (χ2n) is 6.69. The summed E-state index contributed by atoms with van der Waals surface area (Å²) in [6, 6.07) is 13.7. The van der Waals surface area contributed by atoms with Crippen molar-refractivity contribution in [1.29, 1.82) is 0 Å². The molecule has 2 amide bonds. The van der Waals surface area contributed by atoms with Crippen LogP contribution in [-0.4, -0.2) is 51.1 Å². The second kappa shape index (κ2) is 8.52. The summed E-state index contributed by atoms with van der Waals surface area (Å²) in [6.45, 7) is 0.312. The normalized spacial score (nSPS) is 17.7. The Morgan fingerprint density at radius 1 is 1.04 bits per heavy atom. The molecule has 2 aromatic carbocycles. The molecule has 7 nitrogen and oxygen atoms in total. The van der Waals surface area contributed by atoms with Gasteiger partial charge in [0.2, 0.25) is 0 Å². The molecule has 8 heteroatoms. The van der Waals surface area contributed by atoms with Gasteiger partial charge in [0.05, 0.1) is 25.7 Å². The molecule has 0 bridgehead atoms. The van der Waals surface area contributed by atoms with Gasteiger partial charge in [0.15, 0.2) is 9.84 Å². The number of hydrogen-bond acceptors (Lipinski definition) is 5. The van der Waals surface area contributed by atoms with Crippen LogP contribution in [0.1, 0.15) is 12.0 Å². The quantitative estimate of drug-likeness (QED) is 0.800. The van der Waals surface area contributed by atoms with E-state index in [2.05, 4.69) is 5.32 Å². The Morgan fingerprint density at radius 3 is 2.11 bits per heavy atom. The number of ether oxygens (including phenoxy) is 2. The van der Waals surface area contributed by atoms with Gasteiger partial charge in [-0.1, -0.05) is 12.1 Å². The number of carbonyl (C=O) groups is 1. The van der Waals surface area contributed by atoms with E-state index >= 15 is 0 Å². The van der Waals surface area contributed by atoms with Gasteiger partial charge >= 0.3 is 6.03 Å². The van der Waals surface area contributed by atoms with Gasteiger partial charge in [-0.2, -0.15) is 0 Å². The number of hydrogen-bond donors (Lipinski definition) is 1. The molecule has 1 aliphatic heterocycles. The molecule has 0 aliphatic carbocycles. The summed E-state index contributed by atoms with van der Waals surface area (Å²) in [5, 5.41) is 2.85. The summed E-state index contributed by atoms with van der Waals surface area (Å²) in [5.41, 5.74) is 1.52. The van der Waals surface area contributed by atoms with Crippen molar-refractivity contribution in [2.24, 2.45) is 0 Å². The van der Waals surface area contributed by atoms with Gasteiger partial charge in [0.1, 0.15) is 11.5 Å². The topological polar surface area (TPSA) is 84.9 Å². The minimum atomic E-state index is -3.12. The molecule has 28 heavy (non-hydrogen) atoms. The Balaban J connectivity index is 1.78. The Hall–Kier alpha value is -2.74. The average molecular weight is 404 g/mol. The first kappa shape index (κ1) is 20.0. The molecule has 1 N–H and O–H groups in total. The minimum absolute atomic E-state index is 0.0147. The van der Waals surface area contributed by atoms with Gasteiger partial charge in [-0.3, -0.25) is 0 Å². The molecule has 1 heterocycles. The number of amides is 2. The number of methoxy groups -OCH3 is 2. The highest BCUT2D eigenvalue weighted by Gasteiger charge is 2.34. The standard InChI is InChI=1S/C20H24N2O5S/c1-26-18-7-3-15(4-8-18)13-22(17-11-12-28(24,25)14-17)20(23)21-16-5-9-19(27-2)10-6-16/h3-10,17H,11-14H2,1-2H3,(H,21,23)/t17-/m1/s1. The lowest BCUT2D eigenvalue weighted by Gasteiger charge is -2.28. The largest absolute Gasteiger partial charge is 0.497 e. The molecule has 1 atom stereocenters. The van der Waals surface area contributed by atoms with Crippen LogP contribution in [-0.2, 0) is 16.4 Å². The number of sulfone groups is 1. The Bertz CT molecular complexity index is 911. The van der Waals surface area contributed by atoms with Crippen LogP contribution in [0.25, 0.3) is 0 Å². The predicted molar refractivity (Wildman–Crippen MR) is 108 cm³/mol. The molecule has 0 unspecified atom stereocenters. The highest BCUT2D eigenvalue weighted by atomic mass is 32.2. The van der Waals surface area contributed by atoms with Gasteiger partial charge in [0.25, 0.3) is 0 Å². The number of nitrogens with one attached hydrogen (secondary N) is 1.